The van der Waals surface area contributed by atoms with E-state index in [1.54, 1.807) is 10.4 Å². The SMILES string of the molecule is CCc1ccc(S(=O)(=O)N2CCCC2C2CCCC2=O)s1. The third kappa shape index (κ3) is 2.69. The number of hydrogen-bond donors (Lipinski definition) is 0. The summed E-state index contributed by atoms with van der Waals surface area (Å²) in [5.74, 6) is 0.176. The highest BCUT2D eigenvalue weighted by Crippen LogP contribution is 2.37. The number of carbonyl (C=O) groups is 1. The summed E-state index contributed by atoms with van der Waals surface area (Å²) in [6.07, 6.45) is 4.91. The number of thiophene rings is 1. The number of hydrogen-bond acceptors (Lipinski definition) is 4. The van der Waals surface area contributed by atoms with Crippen molar-refractivity contribution in [3.05, 3.63) is 17.0 Å². The van der Waals surface area contributed by atoms with Crippen molar-refractivity contribution in [1.29, 1.82) is 0 Å². The van der Waals surface area contributed by atoms with Crippen LogP contribution in [0.2, 0.25) is 0 Å². The fourth-order valence-corrected chi connectivity index (χ4v) is 6.67. The Morgan fingerprint density at radius 3 is 2.71 bits per heavy atom. The van der Waals surface area contributed by atoms with Crippen LogP contribution in [0.5, 0.6) is 0 Å². The quantitative estimate of drug-likeness (QED) is 0.854. The second-order valence-corrected chi connectivity index (χ2v) is 9.15. The van der Waals surface area contributed by atoms with Crippen LogP contribution in [0.3, 0.4) is 0 Å². The molecule has 2 fully saturated rings. The van der Waals surface area contributed by atoms with Crippen molar-refractivity contribution < 1.29 is 13.2 Å². The molecule has 21 heavy (non-hydrogen) atoms. The van der Waals surface area contributed by atoms with Crippen LogP contribution in [-0.2, 0) is 21.2 Å². The molecule has 1 aliphatic heterocycles. The van der Waals surface area contributed by atoms with Gasteiger partial charge >= 0.3 is 0 Å². The number of sulfonamides is 1. The Morgan fingerprint density at radius 2 is 2.10 bits per heavy atom. The van der Waals surface area contributed by atoms with Crippen molar-refractivity contribution in [2.45, 2.75) is 55.7 Å². The van der Waals surface area contributed by atoms with E-state index in [9.17, 15) is 13.2 Å². The summed E-state index contributed by atoms with van der Waals surface area (Å²) in [6.45, 7) is 2.58. The van der Waals surface area contributed by atoms with Crippen molar-refractivity contribution in [3.63, 3.8) is 0 Å². The van der Waals surface area contributed by atoms with E-state index >= 15 is 0 Å². The van der Waals surface area contributed by atoms with Crippen LogP contribution in [0.25, 0.3) is 0 Å². The molecular weight excluding hydrogens is 306 g/mol. The maximum atomic E-state index is 12.9. The molecule has 1 aliphatic carbocycles. The van der Waals surface area contributed by atoms with Crippen LogP contribution >= 0.6 is 11.3 Å². The molecule has 0 radical (unpaired) electrons. The second-order valence-electron chi connectivity index (χ2n) is 5.86. The molecule has 0 bridgehead atoms. The molecule has 1 aromatic heterocycles. The Bertz CT molecular complexity index is 635. The van der Waals surface area contributed by atoms with Crippen molar-refractivity contribution >= 4 is 27.1 Å². The topological polar surface area (TPSA) is 54.5 Å². The number of nitrogens with zero attached hydrogens (tertiary/aromatic N) is 1. The summed E-state index contributed by atoms with van der Waals surface area (Å²) in [7, 11) is -3.44. The molecule has 2 atom stereocenters. The Labute approximate surface area is 130 Å². The number of rotatable bonds is 4. The minimum absolute atomic E-state index is 0.0760. The molecule has 1 saturated heterocycles. The highest BCUT2D eigenvalue weighted by molar-refractivity contribution is 7.91. The molecule has 0 amide bonds. The van der Waals surface area contributed by atoms with Crippen molar-refractivity contribution in [2.24, 2.45) is 5.92 Å². The molecule has 116 valence electrons. The average Bonchev–Trinajstić information content (AvgIpc) is 3.18. The predicted octanol–water partition coefficient (Wildman–Crippen LogP) is 2.83. The van der Waals surface area contributed by atoms with E-state index in [2.05, 4.69) is 0 Å². The number of carbonyl (C=O) groups excluding carboxylic acids is 1. The Hall–Kier alpha value is -0.720. The fraction of sp³-hybridized carbons (Fsp3) is 0.667. The summed E-state index contributed by atoms with van der Waals surface area (Å²) in [6, 6.07) is 3.49. The summed E-state index contributed by atoms with van der Waals surface area (Å²) < 4.78 is 27.8. The molecule has 2 heterocycles. The van der Waals surface area contributed by atoms with Crippen molar-refractivity contribution in [1.82, 2.24) is 4.31 Å². The lowest BCUT2D eigenvalue weighted by Gasteiger charge is -2.27. The van der Waals surface area contributed by atoms with Gasteiger partial charge in [0.25, 0.3) is 10.0 Å². The molecule has 2 unspecified atom stereocenters. The summed E-state index contributed by atoms with van der Waals surface area (Å²) >= 11 is 1.36. The Morgan fingerprint density at radius 1 is 1.29 bits per heavy atom. The van der Waals surface area contributed by atoms with Gasteiger partial charge in [0, 0.05) is 29.8 Å². The first kappa shape index (κ1) is 15.2. The molecule has 0 aromatic carbocycles. The van der Waals surface area contributed by atoms with E-state index in [1.165, 1.54) is 11.3 Å². The van der Waals surface area contributed by atoms with E-state index in [1.807, 2.05) is 13.0 Å². The van der Waals surface area contributed by atoms with E-state index in [0.29, 0.717) is 17.2 Å². The third-order valence-electron chi connectivity index (χ3n) is 4.61. The highest BCUT2D eigenvalue weighted by atomic mass is 32.2. The highest BCUT2D eigenvalue weighted by Gasteiger charge is 2.43. The van der Waals surface area contributed by atoms with Gasteiger partial charge in [0.1, 0.15) is 9.99 Å². The summed E-state index contributed by atoms with van der Waals surface area (Å²) in [4.78, 5) is 13.1. The first-order valence-corrected chi connectivity index (χ1v) is 9.93. The molecule has 1 saturated carbocycles. The van der Waals surface area contributed by atoms with Crippen LogP contribution in [-0.4, -0.2) is 31.1 Å². The fourth-order valence-electron chi connectivity index (χ4n) is 3.52. The van der Waals surface area contributed by atoms with E-state index < -0.39 is 10.0 Å². The van der Waals surface area contributed by atoms with Crippen LogP contribution in [0.1, 0.15) is 43.9 Å². The normalized spacial score (nSPS) is 27.6. The zero-order valence-electron chi connectivity index (χ0n) is 12.2. The Kier molecular flexibility index (Phi) is 4.21. The van der Waals surface area contributed by atoms with Gasteiger partial charge in [-0.3, -0.25) is 4.79 Å². The molecule has 0 N–H and O–H groups in total. The lowest BCUT2D eigenvalue weighted by Crippen LogP contribution is -2.41. The molecule has 2 aliphatic rings. The van der Waals surface area contributed by atoms with Gasteiger partial charge in [-0.1, -0.05) is 6.92 Å². The van der Waals surface area contributed by atoms with Gasteiger partial charge in [0.2, 0.25) is 0 Å². The lowest BCUT2D eigenvalue weighted by molar-refractivity contribution is -0.121. The minimum atomic E-state index is -3.44. The van der Waals surface area contributed by atoms with Crippen LogP contribution in [0, 0.1) is 5.92 Å². The molecule has 4 nitrogen and oxygen atoms in total. The number of Topliss-reactive ketones (excluding diaryl/α,β-unsaturated/α-hetero) is 1. The second kappa shape index (κ2) is 5.82. The average molecular weight is 327 g/mol. The van der Waals surface area contributed by atoms with Gasteiger partial charge in [-0.15, -0.1) is 11.3 Å². The van der Waals surface area contributed by atoms with Crippen LogP contribution < -0.4 is 0 Å². The van der Waals surface area contributed by atoms with Crippen LogP contribution in [0.4, 0.5) is 0 Å². The molecular formula is C15H21NO3S2. The maximum absolute atomic E-state index is 12.9. The zero-order chi connectivity index (χ0) is 15.0. The molecule has 6 heteroatoms. The van der Waals surface area contributed by atoms with Gasteiger partial charge in [-0.05, 0) is 44.2 Å². The van der Waals surface area contributed by atoms with Gasteiger partial charge in [0.05, 0.1) is 0 Å². The summed E-state index contributed by atoms with van der Waals surface area (Å²) in [5.41, 5.74) is 0. The number of ketones is 1. The van der Waals surface area contributed by atoms with Gasteiger partial charge in [-0.25, -0.2) is 8.42 Å². The predicted molar refractivity (Wildman–Crippen MR) is 83.0 cm³/mol. The van der Waals surface area contributed by atoms with Crippen molar-refractivity contribution in [2.75, 3.05) is 6.54 Å². The first-order chi connectivity index (χ1) is 10.0. The van der Waals surface area contributed by atoms with Gasteiger partial charge in [0.15, 0.2) is 0 Å². The van der Waals surface area contributed by atoms with Gasteiger partial charge in [-0.2, -0.15) is 4.31 Å². The van der Waals surface area contributed by atoms with E-state index in [0.717, 1.165) is 37.0 Å². The minimum Gasteiger partial charge on any atom is -0.299 e. The first-order valence-electron chi connectivity index (χ1n) is 7.67. The standard InChI is InChI=1S/C15H21NO3S2/c1-2-11-8-9-15(20-11)21(18,19)16-10-4-6-13(16)12-5-3-7-14(12)17/h8-9,12-13H,2-7,10H2,1H3. The monoisotopic (exact) mass is 327 g/mol. The van der Waals surface area contributed by atoms with Crippen molar-refractivity contribution in [3.8, 4) is 0 Å². The van der Waals surface area contributed by atoms with Gasteiger partial charge < -0.3 is 0 Å². The zero-order valence-corrected chi connectivity index (χ0v) is 13.9. The largest absolute Gasteiger partial charge is 0.299 e. The summed E-state index contributed by atoms with van der Waals surface area (Å²) in [5, 5.41) is 0. The van der Waals surface area contributed by atoms with E-state index in [4.69, 9.17) is 0 Å². The molecule has 1 aromatic rings. The smallest absolute Gasteiger partial charge is 0.252 e. The number of aryl methyl sites for hydroxylation is 1. The molecule has 0 spiro atoms. The maximum Gasteiger partial charge on any atom is 0.252 e. The van der Waals surface area contributed by atoms with E-state index in [-0.39, 0.29) is 17.7 Å². The Balaban J connectivity index is 1.88. The lowest BCUT2D eigenvalue weighted by atomic mass is 9.96. The third-order valence-corrected chi connectivity index (χ3v) is 8.23. The van der Waals surface area contributed by atoms with Crippen LogP contribution in [0.15, 0.2) is 16.3 Å². The molecule has 3 rings (SSSR count).